The topological polar surface area (TPSA) is 15.3 Å². The van der Waals surface area contributed by atoms with Crippen LogP contribution in [-0.2, 0) is 6.54 Å². The Morgan fingerprint density at radius 2 is 2.00 bits per heavy atom. The van der Waals surface area contributed by atoms with Gasteiger partial charge in [-0.1, -0.05) is 25.1 Å². The molecule has 1 aliphatic rings. The first-order valence-electron chi connectivity index (χ1n) is 8.19. The number of likely N-dealkylation sites (tertiary alicyclic amines) is 1. The van der Waals surface area contributed by atoms with Gasteiger partial charge in [-0.25, -0.2) is 0 Å². The summed E-state index contributed by atoms with van der Waals surface area (Å²) in [5.41, 5.74) is 4.42. The van der Waals surface area contributed by atoms with Gasteiger partial charge in [0.15, 0.2) is 0 Å². The number of rotatable bonds is 6. The Balaban J connectivity index is 1.89. The zero-order valence-electron chi connectivity index (χ0n) is 13.4. The summed E-state index contributed by atoms with van der Waals surface area (Å²) in [5, 5.41) is 3.59. The molecule has 1 saturated heterocycles. The summed E-state index contributed by atoms with van der Waals surface area (Å²) >= 11 is 0. The van der Waals surface area contributed by atoms with Crippen LogP contribution in [0.5, 0.6) is 0 Å². The van der Waals surface area contributed by atoms with Crippen molar-refractivity contribution in [2.24, 2.45) is 5.92 Å². The first-order valence-corrected chi connectivity index (χ1v) is 8.19. The van der Waals surface area contributed by atoms with E-state index in [1.54, 1.807) is 0 Å². The van der Waals surface area contributed by atoms with Gasteiger partial charge in [-0.05, 0) is 75.4 Å². The molecule has 1 aromatic rings. The summed E-state index contributed by atoms with van der Waals surface area (Å²) in [7, 11) is 0. The molecule has 1 aromatic carbocycles. The van der Waals surface area contributed by atoms with Crippen LogP contribution >= 0.6 is 0 Å². The van der Waals surface area contributed by atoms with Gasteiger partial charge in [0, 0.05) is 13.1 Å². The van der Waals surface area contributed by atoms with Gasteiger partial charge in [-0.3, -0.25) is 4.90 Å². The fraction of sp³-hybridized carbons (Fsp3) is 0.667. The molecule has 1 heterocycles. The number of nitrogens with zero attached hydrogens (tertiary/aromatic N) is 1. The van der Waals surface area contributed by atoms with Crippen molar-refractivity contribution in [2.75, 3.05) is 26.2 Å². The van der Waals surface area contributed by atoms with Gasteiger partial charge in [-0.15, -0.1) is 0 Å². The molecule has 1 N–H and O–H groups in total. The highest BCUT2D eigenvalue weighted by atomic mass is 15.1. The van der Waals surface area contributed by atoms with Crippen molar-refractivity contribution < 1.29 is 0 Å². The van der Waals surface area contributed by atoms with Crippen LogP contribution in [0.2, 0.25) is 0 Å². The Hall–Kier alpha value is -0.860. The molecule has 0 amide bonds. The fourth-order valence-electron chi connectivity index (χ4n) is 3.27. The Bertz CT molecular complexity index is 394. The Morgan fingerprint density at radius 3 is 2.70 bits per heavy atom. The SMILES string of the molecule is CCCNCC1CCCN(Cc2c(C)cccc2C)C1. The summed E-state index contributed by atoms with van der Waals surface area (Å²) in [6.07, 6.45) is 3.97. The van der Waals surface area contributed by atoms with E-state index in [2.05, 4.69) is 49.2 Å². The minimum Gasteiger partial charge on any atom is -0.316 e. The highest BCUT2D eigenvalue weighted by molar-refractivity contribution is 5.33. The molecular formula is C18H30N2. The van der Waals surface area contributed by atoms with Crippen molar-refractivity contribution in [3.05, 3.63) is 34.9 Å². The van der Waals surface area contributed by atoms with Crippen LogP contribution in [0, 0.1) is 19.8 Å². The van der Waals surface area contributed by atoms with Gasteiger partial charge in [0.1, 0.15) is 0 Å². The van der Waals surface area contributed by atoms with E-state index in [1.165, 1.54) is 55.6 Å². The quantitative estimate of drug-likeness (QED) is 0.799. The van der Waals surface area contributed by atoms with Crippen LogP contribution in [0.4, 0.5) is 0 Å². The monoisotopic (exact) mass is 274 g/mol. The smallest absolute Gasteiger partial charge is 0.0239 e. The van der Waals surface area contributed by atoms with Crippen LogP contribution < -0.4 is 5.32 Å². The first-order chi connectivity index (χ1) is 9.70. The molecule has 2 rings (SSSR count). The lowest BCUT2D eigenvalue weighted by Gasteiger charge is -2.33. The molecule has 0 radical (unpaired) electrons. The van der Waals surface area contributed by atoms with Gasteiger partial charge in [0.25, 0.3) is 0 Å². The zero-order valence-corrected chi connectivity index (χ0v) is 13.4. The van der Waals surface area contributed by atoms with Crippen molar-refractivity contribution in [3.8, 4) is 0 Å². The number of benzene rings is 1. The highest BCUT2D eigenvalue weighted by Crippen LogP contribution is 2.21. The molecule has 1 fully saturated rings. The average Bonchev–Trinajstić information content (AvgIpc) is 2.44. The van der Waals surface area contributed by atoms with E-state index in [-0.39, 0.29) is 0 Å². The van der Waals surface area contributed by atoms with Crippen molar-refractivity contribution in [2.45, 2.75) is 46.6 Å². The number of hydrogen-bond acceptors (Lipinski definition) is 2. The molecular weight excluding hydrogens is 244 g/mol. The molecule has 1 aliphatic heterocycles. The number of aryl methyl sites for hydroxylation is 2. The lowest BCUT2D eigenvalue weighted by atomic mass is 9.96. The summed E-state index contributed by atoms with van der Waals surface area (Å²) in [6, 6.07) is 6.65. The second kappa shape index (κ2) is 7.80. The lowest BCUT2D eigenvalue weighted by molar-refractivity contribution is 0.165. The molecule has 0 bridgehead atoms. The average molecular weight is 274 g/mol. The van der Waals surface area contributed by atoms with Crippen molar-refractivity contribution in [1.29, 1.82) is 0 Å². The Kier molecular flexibility index (Phi) is 6.06. The summed E-state index contributed by atoms with van der Waals surface area (Å²) in [6.45, 7) is 12.7. The molecule has 2 nitrogen and oxygen atoms in total. The van der Waals surface area contributed by atoms with Crippen LogP contribution in [0.25, 0.3) is 0 Å². The third-order valence-corrected chi connectivity index (χ3v) is 4.49. The van der Waals surface area contributed by atoms with Crippen molar-refractivity contribution in [1.82, 2.24) is 10.2 Å². The minimum atomic E-state index is 0.833. The molecule has 0 saturated carbocycles. The maximum Gasteiger partial charge on any atom is 0.0239 e. The van der Waals surface area contributed by atoms with Gasteiger partial charge in [0.2, 0.25) is 0 Å². The van der Waals surface area contributed by atoms with E-state index in [9.17, 15) is 0 Å². The second-order valence-corrected chi connectivity index (χ2v) is 6.32. The largest absolute Gasteiger partial charge is 0.316 e. The van der Waals surface area contributed by atoms with E-state index in [0.29, 0.717) is 0 Å². The van der Waals surface area contributed by atoms with Crippen molar-refractivity contribution >= 4 is 0 Å². The molecule has 0 aliphatic carbocycles. The summed E-state index contributed by atoms with van der Waals surface area (Å²) in [5.74, 6) is 0.833. The molecule has 0 aromatic heterocycles. The minimum absolute atomic E-state index is 0.833. The predicted octanol–water partition coefficient (Wildman–Crippen LogP) is 3.52. The normalized spacial score (nSPS) is 20.2. The first kappa shape index (κ1) is 15.5. The Morgan fingerprint density at radius 1 is 1.25 bits per heavy atom. The zero-order chi connectivity index (χ0) is 14.4. The van der Waals surface area contributed by atoms with Gasteiger partial charge in [0.05, 0.1) is 0 Å². The molecule has 2 heteroatoms. The third kappa shape index (κ3) is 4.32. The van der Waals surface area contributed by atoms with E-state index >= 15 is 0 Å². The van der Waals surface area contributed by atoms with Crippen LogP contribution in [0.15, 0.2) is 18.2 Å². The number of piperidine rings is 1. The van der Waals surface area contributed by atoms with Crippen LogP contribution in [-0.4, -0.2) is 31.1 Å². The van der Waals surface area contributed by atoms with E-state index in [1.807, 2.05) is 0 Å². The fourth-order valence-corrected chi connectivity index (χ4v) is 3.27. The van der Waals surface area contributed by atoms with Crippen LogP contribution in [0.3, 0.4) is 0 Å². The standard InChI is InChI=1S/C18H30N2/c1-4-10-19-12-17-9-6-11-20(13-17)14-18-15(2)7-5-8-16(18)3/h5,7-8,17,19H,4,6,9-14H2,1-3H3. The molecule has 20 heavy (non-hydrogen) atoms. The molecule has 0 spiro atoms. The third-order valence-electron chi connectivity index (χ3n) is 4.49. The highest BCUT2D eigenvalue weighted by Gasteiger charge is 2.20. The lowest BCUT2D eigenvalue weighted by Crippen LogP contribution is -2.39. The summed E-state index contributed by atoms with van der Waals surface area (Å²) in [4.78, 5) is 2.65. The maximum atomic E-state index is 3.59. The van der Waals surface area contributed by atoms with E-state index < -0.39 is 0 Å². The summed E-state index contributed by atoms with van der Waals surface area (Å²) < 4.78 is 0. The number of nitrogens with one attached hydrogen (secondary N) is 1. The van der Waals surface area contributed by atoms with Gasteiger partial charge in [-0.2, -0.15) is 0 Å². The van der Waals surface area contributed by atoms with Crippen LogP contribution in [0.1, 0.15) is 42.9 Å². The van der Waals surface area contributed by atoms with E-state index in [0.717, 1.165) is 19.0 Å². The molecule has 1 unspecified atom stereocenters. The van der Waals surface area contributed by atoms with Crippen molar-refractivity contribution in [3.63, 3.8) is 0 Å². The second-order valence-electron chi connectivity index (χ2n) is 6.32. The van der Waals surface area contributed by atoms with E-state index in [4.69, 9.17) is 0 Å². The number of hydrogen-bond donors (Lipinski definition) is 1. The van der Waals surface area contributed by atoms with Gasteiger partial charge < -0.3 is 5.32 Å². The Labute approximate surface area is 124 Å². The molecule has 112 valence electrons. The molecule has 1 atom stereocenters. The maximum absolute atomic E-state index is 3.59. The predicted molar refractivity (Wildman–Crippen MR) is 87.1 cm³/mol. The van der Waals surface area contributed by atoms with Gasteiger partial charge >= 0.3 is 0 Å².